The van der Waals surface area contributed by atoms with Gasteiger partial charge in [0.1, 0.15) is 0 Å². The van der Waals surface area contributed by atoms with Gasteiger partial charge < -0.3 is 15.0 Å². The SMILES string of the molecule is CCOC[C@H]1CCN(C(=O)Nc2cnccc2C)C1. The third-order valence-electron chi connectivity index (χ3n) is 3.41. The first-order valence-electron chi connectivity index (χ1n) is 6.75. The molecule has 0 spiro atoms. The maximum atomic E-state index is 12.1. The zero-order valence-electron chi connectivity index (χ0n) is 11.6. The number of anilines is 1. The second-order valence-corrected chi connectivity index (χ2v) is 4.88. The molecule has 0 aliphatic carbocycles. The number of pyridine rings is 1. The van der Waals surface area contributed by atoms with Gasteiger partial charge in [-0.25, -0.2) is 4.79 Å². The standard InChI is InChI=1S/C14H21N3O2/c1-3-19-10-12-5-7-17(9-12)14(18)16-13-8-15-6-4-11(13)2/h4,6,8,12H,3,5,7,9-10H2,1-2H3,(H,16,18)/t12-/m0/s1. The number of amides is 2. The van der Waals surface area contributed by atoms with Gasteiger partial charge in [-0.15, -0.1) is 0 Å². The molecule has 0 aromatic carbocycles. The molecule has 1 aromatic heterocycles. The van der Waals surface area contributed by atoms with Crippen LogP contribution in [0.4, 0.5) is 10.5 Å². The minimum Gasteiger partial charge on any atom is -0.381 e. The summed E-state index contributed by atoms with van der Waals surface area (Å²) < 4.78 is 5.41. The van der Waals surface area contributed by atoms with Crippen molar-refractivity contribution < 1.29 is 9.53 Å². The quantitative estimate of drug-likeness (QED) is 0.906. The Morgan fingerprint density at radius 3 is 3.21 bits per heavy atom. The Morgan fingerprint density at radius 1 is 1.63 bits per heavy atom. The van der Waals surface area contributed by atoms with Crippen molar-refractivity contribution in [3.63, 3.8) is 0 Å². The predicted octanol–water partition coefficient (Wildman–Crippen LogP) is 2.28. The molecule has 0 unspecified atom stereocenters. The number of urea groups is 1. The fourth-order valence-electron chi connectivity index (χ4n) is 2.23. The van der Waals surface area contributed by atoms with Gasteiger partial charge in [0.2, 0.25) is 0 Å². The van der Waals surface area contributed by atoms with E-state index >= 15 is 0 Å². The number of aromatic nitrogens is 1. The van der Waals surface area contributed by atoms with Crippen LogP contribution in [0, 0.1) is 12.8 Å². The zero-order valence-corrected chi connectivity index (χ0v) is 11.6. The number of nitrogens with one attached hydrogen (secondary N) is 1. The molecule has 2 rings (SSSR count). The van der Waals surface area contributed by atoms with Crippen molar-refractivity contribution in [3.05, 3.63) is 24.0 Å². The molecule has 5 heteroatoms. The van der Waals surface area contributed by atoms with Crippen LogP contribution in [0.3, 0.4) is 0 Å². The zero-order chi connectivity index (χ0) is 13.7. The van der Waals surface area contributed by atoms with Crippen molar-refractivity contribution >= 4 is 11.7 Å². The largest absolute Gasteiger partial charge is 0.381 e. The van der Waals surface area contributed by atoms with Crippen LogP contribution in [0.15, 0.2) is 18.5 Å². The summed E-state index contributed by atoms with van der Waals surface area (Å²) in [6.07, 6.45) is 4.42. The molecule has 1 fully saturated rings. The van der Waals surface area contributed by atoms with Crippen LogP contribution in [-0.4, -0.2) is 42.2 Å². The van der Waals surface area contributed by atoms with Crippen LogP contribution in [0.5, 0.6) is 0 Å². The number of aryl methyl sites for hydroxylation is 1. The first kappa shape index (κ1) is 13.8. The number of hydrogen-bond donors (Lipinski definition) is 1. The molecule has 19 heavy (non-hydrogen) atoms. The molecule has 1 atom stereocenters. The molecule has 0 radical (unpaired) electrons. The summed E-state index contributed by atoms with van der Waals surface area (Å²) in [5, 5.41) is 2.91. The van der Waals surface area contributed by atoms with Gasteiger partial charge in [-0.3, -0.25) is 4.98 Å². The van der Waals surface area contributed by atoms with E-state index in [-0.39, 0.29) is 6.03 Å². The number of carbonyl (C=O) groups is 1. The lowest BCUT2D eigenvalue weighted by Gasteiger charge is -2.18. The summed E-state index contributed by atoms with van der Waals surface area (Å²) in [6, 6.07) is 1.84. The molecule has 0 bridgehead atoms. The van der Waals surface area contributed by atoms with Gasteiger partial charge in [-0.1, -0.05) is 0 Å². The monoisotopic (exact) mass is 263 g/mol. The van der Waals surface area contributed by atoms with E-state index in [0.29, 0.717) is 5.92 Å². The molecule has 104 valence electrons. The fourth-order valence-corrected chi connectivity index (χ4v) is 2.23. The number of hydrogen-bond acceptors (Lipinski definition) is 3. The minimum atomic E-state index is -0.0462. The van der Waals surface area contributed by atoms with E-state index in [1.807, 2.05) is 24.8 Å². The first-order valence-corrected chi connectivity index (χ1v) is 6.75. The maximum absolute atomic E-state index is 12.1. The van der Waals surface area contributed by atoms with Crippen molar-refractivity contribution in [3.8, 4) is 0 Å². The fraction of sp³-hybridized carbons (Fsp3) is 0.571. The van der Waals surface area contributed by atoms with E-state index in [1.165, 1.54) is 0 Å². The summed E-state index contributed by atoms with van der Waals surface area (Å²) in [7, 11) is 0. The van der Waals surface area contributed by atoms with Crippen molar-refractivity contribution in [1.82, 2.24) is 9.88 Å². The van der Waals surface area contributed by atoms with Crippen LogP contribution in [0.2, 0.25) is 0 Å². The second-order valence-electron chi connectivity index (χ2n) is 4.88. The number of carbonyl (C=O) groups excluding carboxylic acids is 1. The predicted molar refractivity (Wildman–Crippen MR) is 74.2 cm³/mol. The topological polar surface area (TPSA) is 54.5 Å². The summed E-state index contributed by atoms with van der Waals surface area (Å²) in [5.41, 5.74) is 1.80. The number of ether oxygens (including phenoxy) is 1. The van der Waals surface area contributed by atoms with Crippen molar-refractivity contribution in [2.24, 2.45) is 5.92 Å². The third kappa shape index (κ3) is 3.67. The van der Waals surface area contributed by atoms with Crippen molar-refractivity contribution in [2.75, 3.05) is 31.6 Å². The van der Waals surface area contributed by atoms with E-state index in [1.54, 1.807) is 12.4 Å². The van der Waals surface area contributed by atoms with E-state index in [2.05, 4.69) is 10.3 Å². The number of rotatable bonds is 4. The lowest BCUT2D eigenvalue weighted by molar-refractivity contribution is 0.113. The highest BCUT2D eigenvalue weighted by atomic mass is 16.5. The van der Waals surface area contributed by atoms with Crippen molar-refractivity contribution in [1.29, 1.82) is 0 Å². The number of likely N-dealkylation sites (tertiary alicyclic amines) is 1. The molecule has 1 aromatic rings. The Bertz CT molecular complexity index is 436. The Labute approximate surface area is 114 Å². The summed E-state index contributed by atoms with van der Waals surface area (Å²) in [6.45, 7) is 6.99. The first-order chi connectivity index (χ1) is 9.20. The number of nitrogens with zero attached hydrogens (tertiary/aromatic N) is 2. The van der Waals surface area contributed by atoms with E-state index in [4.69, 9.17) is 4.74 Å². The molecule has 1 aliphatic rings. The smallest absolute Gasteiger partial charge is 0.321 e. The Balaban J connectivity index is 1.86. The van der Waals surface area contributed by atoms with Gasteiger partial charge in [0.25, 0.3) is 0 Å². The highest BCUT2D eigenvalue weighted by Gasteiger charge is 2.26. The lowest BCUT2D eigenvalue weighted by atomic mass is 10.1. The van der Waals surface area contributed by atoms with Gasteiger partial charge in [-0.2, -0.15) is 0 Å². The third-order valence-corrected chi connectivity index (χ3v) is 3.41. The van der Waals surface area contributed by atoms with Crippen LogP contribution in [0.25, 0.3) is 0 Å². The van der Waals surface area contributed by atoms with Crippen molar-refractivity contribution in [2.45, 2.75) is 20.3 Å². The Morgan fingerprint density at radius 2 is 2.47 bits per heavy atom. The molecular formula is C14H21N3O2. The van der Waals surface area contributed by atoms with Gasteiger partial charge in [0.05, 0.1) is 18.5 Å². The minimum absolute atomic E-state index is 0.0462. The summed E-state index contributed by atoms with van der Waals surface area (Å²) in [4.78, 5) is 18.0. The summed E-state index contributed by atoms with van der Waals surface area (Å²) in [5.74, 6) is 0.459. The average Bonchev–Trinajstić information content (AvgIpc) is 2.88. The van der Waals surface area contributed by atoms with E-state index in [9.17, 15) is 4.79 Å². The molecule has 0 saturated carbocycles. The Kier molecular flexibility index (Phi) is 4.74. The molecule has 5 nitrogen and oxygen atoms in total. The molecular weight excluding hydrogens is 242 g/mol. The normalized spacial score (nSPS) is 18.6. The molecule has 1 saturated heterocycles. The molecule has 1 N–H and O–H groups in total. The van der Waals surface area contributed by atoms with Crippen LogP contribution >= 0.6 is 0 Å². The Hall–Kier alpha value is -1.62. The van der Waals surface area contributed by atoms with Crippen LogP contribution in [-0.2, 0) is 4.74 Å². The molecule has 1 aliphatic heterocycles. The second kappa shape index (κ2) is 6.52. The molecule has 2 amide bonds. The summed E-state index contributed by atoms with van der Waals surface area (Å²) >= 11 is 0. The highest BCUT2D eigenvalue weighted by molar-refractivity contribution is 5.90. The maximum Gasteiger partial charge on any atom is 0.321 e. The van der Waals surface area contributed by atoms with E-state index < -0.39 is 0 Å². The highest BCUT2D eigenvalue weighted by Crippen LogP contribution is 2.19. The van der Waals surface area contributed by atoms with Crippen LogP contribution in [0.1, 0.15) is 18.9 Å². The molecule has 2 heterocycles. The van der Waals surface area contributed by atoms with Crippen LogP contribution < -0.4 is 5.32 Å². The van der Waals surface area contributed by atoms with Gasteiger partial charge in [0.15, 0.2) is 0 Å². The lowest BCUT2D eigenvalue weighted by Crippen LogP contribution is -2.33. The van der Waals surface area contributed by atoms with Gasteiger partial charge in [0, 0.05) is 31.8 Å². The van der Waals surface area contributed by atoms with Gasteiger partial charge in [-0.05, 0) is 31.9 Å². The van der Waals surface area contributed by atoms with Gasteiger partial charge >= 0.3 is 6.03 Å². The van der Waals surface area contributed by atoms with E-state index in [0.717, 1.165) is 44.0 Å². The average molecular weight is 263 g/mol.